The minimum absolute atomic E-state index is 0.0321. The third-order valence-corrected chi connectivity index (χ3v) is 2.38. The lowest BCUT2D eigenvalue weighted by molar-refractivity contribution is -0.137. The van der Waals surface area contributed by atoms with Crippen LogP contribution in [0.1, 0.15) is 11.4 Å². The molecule has 0 N–H and O–H groups in total. The van der Waals surface area contributed by atoms with E-state index in [0.29, 0.717) is 5.82 Å². The van der Waals surface area contributed by atoms with Gasteiger partial charge >= 0.3 is 6.18 Å². The molecule has 2 rings (SSSR count). The highest BCUT2D eigenvalue weighted by molar-refractivity contribution is 6.31. The Bertz CT molecular complexity index is 551. The standard InChI is InChI=1S/C10H6ClF3N2O/c1-5-15-9(17-16-5)6-2-3-8(11)7(4-6)10(12,13)14/h2-4H,1H3. The van der Waals surface area contributed by atoms with Crippen LogP contribution in [0.25, 0.3) is 11.5 Å². The summed E-state index contributed by atoms with van der Waals surface area (Å²) in [6.07, 6.45) is -4.51. The third kappa shape index (κ3) is 2.41. The highest BCUT2D eigenvalue weighted by atomic mass is 35.5. The fourth-order valence-electron chi connectivity index (χ4n) is 1.29. The van der Waals surface area contributed by atoms with E-state index in [1.165, 1.54) is 6.07 Å². The lowest BCUT2D eigenvalue weighted by atomic mass is 10.1. The van der Waals surface area contributed by atoms with E-state index in [-0.39, 0.29) is 16.5 Å². The van der Waals surface area contributed by atoms with E-state index < -0.39 is 11.7 Å². The molecular weight excluding hydrogens is 257 g/mol. The Hall–Kier alpha value is -1.56. The molecule has 17 heavy (non-hydrogen) atoms. The van der Waals surface area contributed by atoms with Crippen LogP contribution >= 0.6 is 11.6 Å². The van der Waals surface area contributed by atoms with Crippen molar-refractivity contribution in [2.45, 2.75) is 13.1 Å². The second-order valence-electron chi connectivity index (χ2n) is 3.34. The highest BCUT2D eigenvalue weighted by Gasteiger charge is 2.33. The van der Waals surface area contributed by atoms with Crippen molar-refractivity contribution in [3.8, 4) is 11.5 Å². The van der Waals surface area contributed by atoms with Crippen molar-refractivity contribution in [3.05, 3.63) is 34.6 Å². The number of halogens is 4. The van der Waals surface area contributed by atoms with Crippen LogP contribution in [0.4, 0.5) is 13.2 Å². The normalized spacial score (nSPS) is 11.8. The number of aromatic nitrogens is 2. The van der Waals surface area contributed by atoms with Gasteiger partial charge in [-0.3, -0.25) is 0 Å². The van der Waals surface area contributed by atoms with E-state index in [1.807, 2.05) is 0 Å². The Kier molecular flexibility index (Phi) is 2.82. The van der Waals surface area contributed by atoms with Crippen molar-refractivity contribution in [1.82, 2.24) is 10.1 Å². The zero-order valence-corrected chi connectivity index (χ0v) is 9.30. The van der Waals surface area contributed by atoms with E-state index in [9.17, 15) is 13.2 Å². The summed E-state index contributed by atoms with van der Waals surface area (Å²) < 4.78 is 42.6. The predicted molar refractivity (Wildman–Crippen MR) is 54.5 cm³/mol. The van der Waals surface area contributed by atoms with Crippen molar-refractivity contribution < 1.29 is 17.7 Å². The molecule has 1 heterocycles. The van der Waals surface area contributed by atoms with Crippen molar-refractivity contribution in [3.63, 3.8) is 0 Å². The third-order valence-electron chi connectivity index (χ3n) is 2.05. The molecule has 0 bridgehead atoms. The smallest absolute Gasteiger partial charge is 0.334 e. The molecule has 3 nitrogen and oxygen atoms in total. The summed E-state index contributed by atoms with van der Waals surface area (Å²) in [5.41, 5.74) is -0.741. The first-order valence-electron chi connectivity index (χ1n) is 4.55. The number of hydrogen-bond acceptors (Lipinski definition) is 3. The minimum Gasteiger partial charge on any atom is -0.334 e. The van der Waals surface area contributed by atoms with E-state index in [1.54, 1.807) is 6.92 Å². The molecular formula is C10H6ClF3N2O. The molecule has 0 aliphatic carbocycles. The Morgan fingerprint density at radius 1 is 1.29 bits per heavy atom. The van der Waals surface area contributed by atoms with Crippen molar-refractivity contribution in [2.75, 3.05) is 0 Å². The van der Waals surface area contributed by atoms with Gasteiger partial charge in [0.05, 0.1) is 10.6 Å². The van der Waals surface area contributed by atoms with Gasteiger partial charge < -0.3 is 4.52 Å². The van der Waals surface area contributed by atoms with E-state index >= 15 is 0 Å². The SMILES string of the molecule is Cc1noc(-c2ccc(Cl)c(C(F)(F)F)c2)n1. The average molecular weight is 263 g/mol. The van der Waals surface area contributed by atoms with Gasteiger partial charge in [0.1, 0.15) is 0 Å². The molecule has 7 heteroatoms. The van der Waals surface area contributed by atoms with Gasteiger partial charge in [-0.1, -0.05) is 16.8 Å². The zero-order chi connectivity index (χ0) is 12.6. The molecule has 0 fully saturated rings. The molecule has 1 aromatic carbocycles. The molecule has 0 saturated heterocycles. The molecule has 1 aromatic heterocycles. The Labute approximate surface area is 99.2 Å². The fraction of sp³-hybridized carbons (Fsp3) is 0.200. The molecule has 90 valence electrons. The lowest BCUT2D eigenvalue weighted by Crippen LogP contribution is -2.05. The Balaban J connectivity index is 2.51. The maximum absolute atomic E-state index is 12.6. The molecule has 0 atom stereocenters. The van der Waals surface area contributed by atoms with Gasteiger partial charge in [0, 0.05) is 5.56 Å². The number of alkyl halides is 3. The summed E-state index contributed by atoms with van der Waals surface area (Å²) in [5.74, 6) is 0.383. The number of nitrogens with zero attached hydrogens (tertiary/aromatic N) is 2. The molecule has 0 aliphatic heterocycles. The maximum Gasteiger partial charge on any atom is 0.417 e. The van der Waals surface area contributed by atoms with Crippen LogP contribution in [0.2, 0.25) is 5.02 Å². The number of benzene rings is 1. The Morgan fingerprint density at radius 3 is 2.53 bits per heavy atom. The summed E-state index contributed by atoms with van der Waals surface area (Å²) >= 11 is 5.49. The first kappa shape index (κ1) is 11.9. The first-order chi connectivity index (χ1) is 7.88. The molecule has 0 aliphatic rings. The molecule has 0 radical (unpaired) electrons. The predicted octanol–water partition coefficient (Wildman–Crippen LogP) is 3.72. The quantitative estimate of drug-likeness (QED) is 0.786. The largest absolute Gasteiger partial charge is 0.417 e. The fourth-order valence-corrected chi connectivity index (χ4v) is 1.51. The van der Waals surface area contributed by atoms with Crippen LogP contribution in [0.3, 0.4) is 0 Å². The van der Waals surface area contributed by atoms with Crippen LogP contribution in [0.5, 0.6) is 0 Å². The maximum atomic E-state index is 12.6. The van der Waals surface area contributed by atoms with Crippen LogP contribution in [0.15, 0.2) is 22.7 Å². The molecule has 0 unspecified atom stereocenters. The minimum atomic E-state index is -4.51. The van der Waals surface area contributed by atoms with Crippen LogP contribution < -0.4 is 0 Å². The summed E-state index contributed by atoms with van der Waals surface area (Å²) in [6, 6.07) is 3.43. The summed E-state index contributed by atoms with van der Waals surface area (Å²) in [6.45, 7) is 1.58. The monoisotopic (exact) mass is 262 g/mol. The van der Waals surface area contributed by atoms with Gasteiger partial charge in [-0.05, 0) is 25.1 Å². The Morgan fingerprint density at radius 2 is 2.00 bits per heavy atom. The van der Waals surface area contributed by atoms with Gasteiger partial charge in [-0.2, -0.15) is 18.2 Å². The van der Waals surface area contributed by atoms with Gasteiger partial charge in [-0.25, -0.2) is 0 Å². The van der Waals surface area contributed by atoms with E-state index in [4.69, 9.17) is 16.1 Å². The zero-order valence-electron chi connectivity index (χ0n) is 8.55. The average Bonchev–Trinajstić information content (AvgIpc) is 2.64. The van der Waals surface area contributed by atoms with Crippen molar-refractivity contribution >= 4 is 11.6 Å². The molecule has 2 aromatic rings. The molecule has 0 spiro atoms. The van der Waals surface area contributed by atoms with Crippen LogP contribution in [0, 0.1) is 6.92 Å². The van der Waals surface area contributed by atoms with Gasteiger partial charge in [0.25, 0.3) is 5.89 Å². The van der Waals surface area contributed by atoms with Crippen LogP contribution in [-0.2, 0) is 6.18 Å². The van der Waals surface area contributed by atoms with Crippen molar-refractivity contribution in [2.24, 2.45) is 0 Å². The summed E-state index contributed by atoms with van der Waals surface area (Å²) in [5, 5.41) is 3.14. The molecule has 0 amide bonds. The van der Waals surface area contributed by atoms with E-state index in [2.05, 4.69) is 10.1 Å². The molecule has 0 saturated carbocycles. The van der Waals surface area contributed by atoms with Gasteiger partial charge in [0.15, 0.2) is 5.82 Å². The summed E-state index contributed by atoms with van der Waals surface area (Å²) in [7, 11) is 0. The number of aryl methyl sites for hydroxylation is 1. The lowest BCUT2D eigenvalue weighted by Gasteiger charge is -2.09. The second kappa shape index (κ2) is 4.03. The number of rotatable bonds is 1. The first-order valence-corrected chi connectivity index (χ1v) is 4.93. The summed E-state index contributed by atoms with van der Waals surface area (Å²) in [4.78, 5) is 3.85. The second-order valence-corrected chi connectivity index (χ2v) is 3.75. The number of hydrogen-bond donors (Lipinski definition) is 0. The van der Waals surface area contributed by atoms with Gasteiger partial charge in [-0.15, -0.1) is 0 Å². The van der Waals surface area contributed by atoms with Crippen molar-refractivity contribution in [1.29, 1.82) is 0 Å². The van der Waals surface area contributed by atoms with Crippen LogP contribution in [-0.4, -0.2) is 10.1 Å². The van der Waals surface area contributed by atoms with E-state index in [0.717, 1.165) is 12.1 Å². The highest BCUT2D eigenvalue weighted by Crippen LogP contribution is 2.36. The topological polar surface area (TPSA) is 38.9 Å². The van der Waals surface area contributed by atoms with Gasteiger partial charge in [0.2, 0.25) is 0 Å².